The van der Waals surface area contributed by atoms with E-state index in [1.54, 1.807) is 12.0 Å². The molecule has 1 fully saturated rings. The molecule has 2 N–H and O–H groups in total. The first kappa shape index (κ1) is 18.5. The van der Waals surface area contributed by atoms with Crippen LogP contribution >= 0.6 is 0 Å². The number of carboxylic acid groups (broad SMARTS) is 1. The van der Waals surface area contributed by atoms with Crippen LogP contribution in [0.25, 0.3) is 0 Å². The van der Waals surface area contributed by atoms with Gasteiger partial charge in [-0.1, -0.05) is 12.1 Å². The molecular formula is C19H20N2O6. The lowest BCUT2D eigenvalue weighted by Gasteiger charge is -2.17. The van der Waals surface area contributed by atoms with E-state index in [1.165, 1.54) is 12.1 Å². The number of rotatable bonds is 7. The van der Waals surface area contributed by atoms with Crippen molar-refractivity contribution in [2.75, 3.05) is 13.7 Å². The van der Waals surface area contributed by atoms with E-state index < -0.39 is 11.9 Å². The number of nitrogens with zero attached hydrogens (tertiary/aromatic N) is 1. The summed E-state index contributed by atoms with van der Waals surface area (Å²) in [5, 5.41) is 11.5. The van der Waals surface area contributed by atoms with Crippen LogP contribution in [0.5, 0.6) is 5.75 Å². The molecule has 27 heavy (non-hydrogen) atoms. The van der Waals surface area contributed by atoms with Gasteiger partial charge < -0.3 is 24.5 Å². The van der Waals surface area contributed by atoms with Crippen LogP contribution in [0.4, 0.5) is 0 Å². The average Bonchev–Trinajstić information content (AvgIpc) is 3.28. The maximum absolute atomic E-state index is 12.3. The van der Waals surface area contributed by atoms with Gasteiger partial charge >= 0.3 is 5.97 Å². The minimum atomic E-state index is -1.16. The molecule has 0 bridgehead atoms. The number of benzene rings is 1. The summed E-state index contributed by atoms with van der Waals surface area (Å²) in [4.78, 5) is 37.0. The Morgan fingerprint density at radius 3 is 2.63 bits per heavy atom. The van der Waals surface area contributed by atoms with Crippen molar-refractivity contribution in [1.82, 2.24) is 10.2 Å². The number of aromatic carboxylic acids is 1. The number of amides is 2. The molecule has 2 heterocycles. The van der Waals surface area contributed by atoms with Gasteiger partial charge in [0.25, 0.3) is 0 Å². The number of likely N-dealkylation sites (tertiary alicyclic amines) is 1. The fourth-order valence-electron chi connectivity index (χ4n) is 2.96. The third-order valence-electron chi connectivity index (χ3n) is 4.43. The number of methoxy groups -OCH3 is 1. The molecule has 1 aromatic heterocycles. The summed E-state index contributed by atoms with van der Waals surface area (Å²) in [7, 11) is 1.59. The molecule has 0 radical (unpaired) electrons. The zero-order valence-corrected chi connectivity index (χ0v) is 14.8. The number of ether oxygens (including phenoxy) is 1. The number of hydrogen-bond donors (Lipinski definition) is 2. The molecule has 142 valence electrons. The average molecular weight is 372 g/mol. The summed E-state index contributed by atoms with van der Waals surface area (Å²) in [6, 6.07) is 10.3. The van der Waals surface area contributed by atoms with E-state index in [4.69, 9.17) is 14.3 Å². The van der Waals surface area contributed by atoms with E-state index in [9.17, 15) is 14.4 Å². The fourth-order valence-corrected chi connectivity index (χ4v) is 2.96. The first-order chi connectivity index (χ1) is 13.0. The van der Waals surface area contributed by atoms with Gasteiger partial charge in [-0.25, -0.2) is 4.79 Å². The number of nitrogens with one attached hydrogen (secondary N) is 1. The van der Waals surface area contributed by atoms with Gasteiger partial charge in [-0.3, -0.25) is 9.59 Å². The van der Waals surface area contributed by atoms with Gasteiger partial charge in [0.1, 0.15) is 11.5 Å². The highest BCUT2D eigenvalue weighted by Gasteiger charge is 2.34. The highest BCUT2D eigenvalue weighted by Crippen LogP contribution is 2.21. The summed E-state index contributed by atoms with van der Waals surface area (Å²) in [6.45, 7) is 0.858. The smallest absolute Gasteiger partial charge is 0.371 e. The number of furan rings is 1. The second-order valence-electron chi connectivity index (χ2n) is 6.31. The van der Waals surface area contributed by atoms with Crippen LogP contribution in [-0.2, 0) is 22.7 Å². The van der Waals surface area contributed by atoms with Gasteiger partial charge in [-0.05, 0) is 29.8 Å². The Morgan fingerprint density at radius 2 is 2.00 bits per heavy atom. The van der Waals surface area contributed by atoms with Crippen LogP contribution < -0.4 is 10.1 Å². The Morgan fingerprint density at radius 1 is 1.26 bits per heavy atom. The van der Waals surface area contributed by atoms with E-state index in [1.807, 2.05) is 24.3 Å². The SMILES string of the molecule is COc1ccc(CN2C[C@H](C(=O)NCc3ccc(C(=O)O)o3)CC2=O)cc1. The largest absolute Gasteiger partial charge is 0.497 e. The van der Waals surface area contributed by atoms with E-state index in [0.29, 0.717) is 18.8 Å². The predicted octanol–water partition coefficient (Wildman–Crippen LogP) is 1.65. The Bertz CT molecular complexity index is 842. The Hall–Kier alpha value is -3.29. The minimum Gasteiger partial charge on any atom is -0.497 e. The van der Waals surface area contributed by atoms with Gasteiger partial charge in [0.15, 0.2) is 0 Å². The molecule has 8 nitrogen and oxygen atoms in total. The van der Waals surface area contributed by atoms with E-state index >= 15 is 0 Å². The lowest BCUT2D eigenvalue weighted by atomic mass is 10.1. The van der Waals surface area contributed by atoms with E-state index in [2.05, 4.69) is 5.32 Å². The molecule has 2 aromatic rings. The molecule has 8 heteroatoms. The van der Waals surface area contributed by atoms with Gasteiger partial charge in [0.05, 0.1) is 19.6 Å². The van der Waals surface area contributed by atoms with Crippen LogP contribution in [0.1, 0.15) is 28.3 Å². The van der Waals surface area contributed by atoms with Crippen LogP contribution in [0.3, 0.4) is 0 Å². The molecule has 1 atom stereocenters. The van der Waals surface area contributed by atoms with Crippen molar-refractivity contribution < 1.29 is 28.6 Å². The minimum absolute atomic E-state index is 0.0721. The van der Waals surface area contributed by atoms with Crippen molar-refractivity contribution in [1.29, 1.82) is 0 Å². The second kappa shape index (κ2) is 7.94. The van der Waals surface area contributed by atoms with Crippen LogP contribution in [0.2, 0.25) is 0 Å². The quantitative estimate of drug-likeness (QED) is 0.765. The molecule has 0 aliphatic carbocycles. The molecule has 1 aliphatic rings. The number of carbonyl (C=O) groups excluding carboxylic acids is 2. The van der Waals surface area contributed by atoms with Crippen LogP contribution in [0.15, 0.2) is 40.8 Å². The molecule has 2 amide bonds. The first-order valence-electron chi connectivity index (χ1n) is 8.46. The van der Waals surface area contributed by atoms with E-state index in [-0.39, 0.29) is 30.5 Å². The van der Waals surface area contributed by atoms with Crippen molar-refractivity contribution in [3.05, 3.63) is 53.5 Å². The summed E-state index contributed by atoms with van der Waals surface area (Å²) in [5.41, 5.74) is 0.960. The summed E-state index contributed by atoms with van der Waals surface area (Å²) in [5.74, 6) is -1.02. The number of carbonyl (C=O) groups is 3. The third kappa shape index (κ3) is 4.46. The maximum Gasteiger partial charge on any atom is 0.371 e. The van der Waals surface area contributed by atoms with Crippen molar-refractivity contribution in [2.24, 2.45) is 5.92 Å². The monoisotopic (exact) mass is 372 g/mol. The van der Waals surface area contributed by atoms with Crippen molar-refractivity contribution in [3.8, 4) is 5.75 Å². The molecular weight excluding hydrogens is 352 g/mol. The Balaban J connectivity index is 1.52. The first-order valence-corrected chi connectivity index (χ1v) is 8.46. The summed E-state index contributed by atoms with van der Waals surface area (Å²) in [6.07, 6.45) is 0.153. The standard InChI is InChI=1S/C19H20N2O6/c1-26-14-4-2-12(3-5-14)10-21-11-13(8-17(21)22)18(23)20-9-15-6-7-16(27-15)19(24)25/h2-7,13H,8-11H2,1H3,(H,20,23)(H,24,25)/t13-/m1/s1. The van der Waals surface area contributed by atoms with Crippen molar-refractivity contribution in [3.63, 3.8) is 0 Å². The zero-order chi connectivity index (χ0) is 19.4. The number of carboxylic acids is 1. The maximum atomic E-state index is 12.3. The Labute approximate surface area is 155 Å². The summed E-state index contributed by atoms with van der Waals surface area (Å²) >= 11 is 0. The highest BCUT2D eigenvalue weighted by atomic mass is 16.5. The van der Waals surface area contributed by atoms with Crippen molar-refractivity contribution >= 4 is 17.8 Å². The lowest BCUT2D eigenvalue weighted by Crippen LogP contribution is -2.32. The van der Waals surface area contributed by atoms with Gasteiger partial charge in [-0.2, -0.15) is 0 Å². The topological polar surface area (TPSA) is 109 Å². The fraction of sp³-hybridized carbons (Fsp3) is 0.316. The molecule has 3 rings (SSSR count). The summed E-state index contributed by atoms with van der Waals surface area (Å²) < 4.78 is 10.2. The Kier molecular flexibility index (Phi) is 5.44. The van der Waals surface area contributed by atoms with Gasteiger partial charge in [0, 0.05) is 19.5 Å². The molecule has 1 aromatic carbocycles. The molecule has 1 aliphatic heterocycles. The normalized spacial score (nSPS) is 16.4. The molecule has 1 saturated heterocycles. The molecule has 0 unspecified atom stereocenters. The molecule has 0 saturated carbocycles. The van der Waals surface area contributed by atoms with Crippen molar-refractivity contribution in [2.45, 2.75) is 19.5 Å². The molecule has 0 spiro atoms. The van der Waals surface area contributed by atoms with E-state index in [0.717, 1.165) is 11.3 Å². The lowest BCUT2D eigenvalue weighted by molar-refractivity contribution is -0.129. The zero-order valence-electron chi connectivity index (χ0n) is 14.8. The predicted molar refractivity (Wildman–Crippen MR) is 94.0 cm³/mol. The highest BCUT2D eigenvalue weighted by molar-refractivity contribution is 5.89. The van der Waals surface area contributed by atoms with Crippen LogP contribution in [-0.4, -0.2) is 41.4 Å². The third-order valence-corrected chi connectivity index (χ3v) is 4.43. The second-order valence-corrected chi connectivity index (χ2v) is 6.31. The number of hydrogen-bond acceptors (Lipinski definition) is 5. The van der Waals surface area contributed by atoms with Crippen LogP contribution in [0, 0.1) is 5.92 Å². The van der Waals surface area contributed by atoms with Gasteiger partial charge in [0.2, 0.25) is 17.6 Å². The van der Waals surface area contributed by atoms with Gasteiger partial charge in [-0.15, -0.1) is 0 Å².